The highest BCUT2D eigenvalue weighted by Gasteiger charge is 2.09. The van der Waals surface area contributed by atoms with Crippen LogP contribution in [0.4, 0.5) is 0 Å². The number of para-hydroxylation sites is 1. The van der Waals surface area contributed by atoms with E-state index < -0.39 is 0 Å². The SMILES string of the molecule is CCOc1c(CNC[C@@H](C)O)cccc1OC. The molecule has 1 rings (SSSR count). The lowest BCUT2D eigenvalue weighted by Crippen LogP contribution is -2.24. The molecule has 0 aliphatic heterocycles. The molecule has 4 heteroatoms. The fourth-order valence-corrected chi connectivity index (χ4v) is 1.59. The molecule has 0 unspecified atom stereocenters. The summed E-state index contributed by atoms with van der Waals surface area (Å²) in [6.07, 6.45) is -0.351. The van der Waals surface area contributed by atoms with Crippen molar-refractivity contribution in [3.05, 3.63) is 23.8 Å². The zero-order chi connectivity index (χ0) is 12.7. The third kappa shape index (κ3) is 4.24. The van der Waals surface area contributed by atoms with E-state index in [-0.39, 0.29) is 6.10 Å². The number of benzene rings is 1. The summed E-state index contributed by atoms with van der Waals surface area (Å²) in [6.45, 7) is 5.51. The van der Waals surface area contributed by atoms with Gasteiger partial charge in [-0.2, -0.15) is 0 Å². The van der Waals surface area contributed by atoms with E-state index in [4.69, 9.17) is 9.47 Å². The lowest BCUT2D eigenvalue weighted by atomic mass is 10.2. The van der Waals surface area contributed by atoms with Crippen molar-refractivity contribution in [3.8, 4) is 11.5 Å². The lowest BCUT2D eigenvalue weighted by molar-refractivity contribution is 0.190. The number of rotatable bonds is 7. The Hall–Kier alpha value is -1.26. The third-order valence-electron chi connectivity index (χ3n) is 2.32. The quantitative estimate of drug-likeness (QED) is 0.758. The van der Waals surface area contributed by atoms with Gasteiger partial charge < -0.3 is 19.9 Å². The van der Waals surface area contributed by atoms with Gasteiger partial charge in [0.15, 0.2) is 11.5 Å². The second-order valence-corrected chi connectivity index (χ2v) is 3.86. The molecule has 0 aromatic heterocycles. The third-order valence-corrected chi connectivity index (χ3v) is 2.32. The highest BCUT2D eigenvalue weighted by molar-refractivity contribution is 5.46. The first-order valence-corrected chi connectivity index (χ1v) is 5.86. The lowest BCUT2D eigenvalue weighted by Gasteiger charge is -2.15. The van der Waals surface area contributed by atoms with Crippen LogP contribution < -0.4 is 14.8 Å². The van der Waals surface area contributed by atoms with Gasteiger partial charge in [0.25, 0.3) is 0 Å². The fourth-order valence-electron chi connectivity index (χ4n) is 1.59. The molecule has 0 bridgehead atoms. The summed E-state index contributed by atoms with van der Waals surface area (Å²) < 4.78 is 10.9. The van der Waals surface area contributed by atoms with Crippen molar-refractivity contribution in [1.82, 2.24) is 5.32 Å². The Morgan fingerprint density at radius 2 is 2.18 bits per heavy atom. The van der Waals surface area contributed by atoms with Gasteiger partial charge in [0, 0.05) is 18.7 Å². The van der Waals surface area contributed by atoms with E-state index >= 15 is 0 Å². The molecule has 96 valence electrons. The molecular weight excluding hydrogens is 218 g/mol. The molecule has 1 aromatic rings. The molecule has 2 N–H and O–H groups in total. The second kappa shape index (κ2) is 7.14. The van der Waals surface area contributed by atoms with Gasteiger partial charge in [0.1, 0.15) is 0 Å². The van der Waals surface area contributed by atoms with Gasteiger partial charge in [-0.15, -0.1) is 0 Å². The first kappa shape index (κ1) is 13.8. The molecule has 0 spiro atoms. The standard InChI is InChI=1S/C13H21NO3/c1-4-17-13-11(9-14-8-10(2)15)6-5-7-12(13)16-3/h5-7,10,14-15H,4,8-9H2,1-3H3/t10-/m1/s1. The summed E-state index contributed by atoms with van der Waals surface area (Å²) in [5.41, 5.74) is 1.03. The van der Waals surface area contributed by atoms with Crippen LogP contribution in [0.25, 0.3) is 0 Å². The average Bonchev–Trinajstić information content (AvgIpc) is 2.30. The number of aliphatic hydroxyl groups excluding tert-OH is 1. The van der Waals surface area contributed by atoms with E-state index in [0.717, 1.165) is 17.1 Å². The molecular formula is C13H21NO3. The summed E-state index contributed by atoms with van der Waals surface area (Å²) in [5.74, 6) is 1.51. The summed E-state index contributed by atoms with van der Waals surface area (Å²) >= 11 is 0. The van der Waals surface area contributed by atoms with Crippen molar-refractivity contribution in [1.29, 1.82) is 0 Å². The summed E-state index contributed by atoms with van der Waals surface area (Å²) in [4.78, 5) is 0. The molecule has 17 heavy (non-hydrogen) atoms. The van der Waals surface area contributed by atoms with Crippen molar-refractivity contribution in [3.63, 3.8) is 0 Å². The van der Waals surface area contributed by atoms with E-state index in [9.17, 15) is 5.11 Å². The van der Waals surface area contributed by atoms with Crippen LogP contribution in [0.15, 0.2) is 18.2 Å². The Morgan fingerprint density at radius 1 is 1.41 bits per heavy atom. The van der Waals surface area contributed by atoms with E-state index in [1.165, 1.54) is 0 Å². The molecule has 0 radical (unpaired) electrons. The topological polar surface area (TPSA) is 50.7 Å². The van der Waals surface area contributed by atoms with Crippen LogP contribution in [-0.2, 0) is 6.54 Å². The summed E-state index contributed by atoms with van der Waals surface area (Å²) in [5, 5.41) is 12.4. The molecule has 0 fully saturated rings. The van der Waals surface area contributed by atoms with Crippen LogP contribution in [0.3, 0.4) is 0 Å². The molecule has 0 amide bonds. The van der Waals surface area contributed by atoms with Gasteiger partial charge in [0.05, 0.1) is 19.8 Å². The van der Waals surface area contributed by atoms with Gasteiger partial charge in [-0.05, 0) is 19.9 Å². The monoisotopic (exact) mass is 239 g/mol. The van der Waals surface area contributed by atoms with Crippen molar-refractivity contribution in [2.24, 2.45) is 0 Å². The average molecular weight is 239 g/mol. The molecule has 0 aliphatic rings. The van der Waals surface area contributed by atoms with Gasteiger partial charge in [-0.1, -0.05) is 12.1 Å². The highest BCUT2D eigenvalue weighted by atomic mass is 16.5. The Balaban J connectivity index is 2.75. The predicted molar refractivity (Wildman–Crippen MR) is 67.6 cm³/mol. The van der Waals surface area contributed by atoms with Crippen molar-refractivity contribution < 1.29 is 14.6 Å². The van der Waals surface area contributed by atoms with Crippen molar-refractivity contribution in [2.45, 2.75) is 26.5 Å². The molecule has 4 nitrogen and oxygen atoms in total. The summed E-state index contributed by atoms with van der Waals surface area (Å²) in [6, 6.07) is 5.80. The number of hydrogen-bond acceptors (Lipinski definition) is 4. The molecule has 0 saturated heterocycles. The first-order valence-electron chi connectivity index (χ1n) is 5.86. The van der Waals surface area contributed by atoms with Crippen molar-refractivity contribution in [2.75, 3.05) is 20.3 Å². The number of nitrogens with one attached hydrogen (secondary N) is 1. The summed E-state index contributed by atoms with van der Waals surface area (Å²) in [7, 11) is 1.63. The maximum absolute atomic E-state index is 9.19. The highest BCUT2D eigenvalue weighted by Crippen LogP contribution is 2.30. The van der Waals surface area contributed by atoms with E-state index in [1.807, 2.05) is 25.1 Å². The predicted octanol–water partition coefficient (Wildman–Crippen LogP) is 1.56. The van der Waals surface area contributed by atoms with Crippen LogP contribution in [0, 0.1) is 0 Å². The molecule has 0 saturated carbocycles. The maximum atomic E-state index is 9.19. The second-order valence-electron chi connectivity index (χ2n) is 3.86. The van der Waals surface area contributed by atoms with Crippen molar-refractivity contribution >= 4 is 0 Å². The zero-order valence-corrected chi connectivity index (χ0v) is 10.7. The Bertz CT molecular complexity index is 339. The van der Waals surface area contributed by atoms with Crippen LogP contribution in [0.2, 0.25) is 0 Å². The zero-order valence-electron chi connectivity index (χ0n) is 10.7. The minimum absolute atomic E-state index is 0.351. The number of ether oxygens (including phenoxy) is 2. The van der Waals surface area contributed by atoms with Gasteiger partial charge in [-0.25, -0.2) is 0 Å². The van der Waals surface area contributed by atoms with Crippen LogP contribution in [-0.4, -0.2) is 31.5 Å². The molecule has 0 aliphatic carbocycles. The van der Waals surface area contributed by atoms with Crippen LogP contribution in [0.5, 0.6) is 11.5 Å². The van der Waals surface area contributed by atoms with Crippen LogP contribution >= 0.6 is 0 Å². The minimum atomic E-state index is -0.351. The van der Waals surface area contributed by atoms with E-state index in [2.05, 4.69) is 5.32 Å². The van der Waals surface area contributed by atoms with Gasteiger partial charge in [0.2, 0.25) is 0 Å². The van der Waals surface area contributed by atoms with Crippen LogP contribution in [0.1, 0.15) is 19.4 Å². The first-order chi connectivity index (χ1) is 8.19. The Labute approximate surface area is 103 Å². The van der Waals surface area contributed by atoms with Gasteiger partial charge >= 0.3 is 0 Å². The molecule has 0 heterocycles. The minimum Gasteiger partial charge on any atom is -0.493 e. The molecule has 1 aromatic carbocycles. The fraction of sp³-hybridized carbons (Fsp3) is 0.538. The number of hydrogen-bond donors (Lipinski definition) is 2. The Kier molecular flexibility index (Phi) is 5.80. The van der Waals surface area contributed by atoms with Gasteiger partial charge in [-0.3, -0.25) is 0 Å². The normalized spacial score (nSPS) is 12.2. The largest absolute Gasteiger partial charge is 0.493 e. The maximum Gasteiger partial charge on any atom is 0.165 e. The Morgan fingerprint density at radius 3 is 2.76 bits per heavy atom. The smallest absolute Gasteiger partial charge is 0.165 e. The number of methoxy groups -OCH3 is 1. The van der Waals surface area contributed by atoms with E-state index in [0.29, 0.717) is 19.7 Å². The molecule has 1 atom stereocenters. The van der Waals surface area contributed by atoms with E-state index in [1.54, 1.807) is 14.0 Å². The number of aliphatic hydroxyl groups is 1.